The van der Waals surface area contributed by atoms with Gasteiger partial charge in [0.05, 0.1) is 10.6 Å². The van der Waals surface area contributed by atoms with Gasteiger partial charge in [0.15, 0.2) is 5.16 Å². The fourth-order valence-electron chi connectivity index (χ4n) is 3.50. The number of fused-ring (bicyclic) bond motifs is 1. The Balaban J connectivity index is 1.28. The van der Waals surface area contributed by atoms with Gasteiger partial charge in [-0.1, -0.05) is 24.2 Å². The normalized spacial score (nSPS) is 17.5. The van der Waals surface area contributed by atoms with E-state index < -0.39 is 0 Å². The molecule has 4 rings (SSSR count). The Bertz CT molecular complexity index is 797. The Morgan fingerprint density at radius 2 is 1.85 bits per heavy atom. The molecule has 2 aromatic heterocycles. The molecular formula is C18H23N5O2S2. The van der Waals surface area contributed by atoms with Crippen molar-refractivity contribution < 1.29 is 9.59 Å². The van der Waals surface area contributed by atoms with Crippen LogP contribution in [0.3, 0.4) is 0 Å². The van der Waals surface area contributed by atoms with Gasteiger partial charge in [0, 0.05) is 39.1 Å². The maximum Gasteiger partial charge on any atom is 0.264 e. The van der Waals surface area contributed by atoms with Gasteiger partial charge < -0.3 is 14.4 Å². The number of carbonyl (C=O) groups excluding carboxylic acids is 2. The number of aromatic nitrogens is 3. The minimum atomic E-state index is 0.0672. The number of nitrogens with zero attached hydrogens (tertiary/aromatic N) is 5. The van der Waals surface area contributed by atoms with Gasteiger partial charge in [0.25, 0.3) is 5.91 Å². The van der Waals surface area contributed by atoms with Crippen molar-refractivity contribution in [2.24, 2.45) is 0 Å². The topological polar surface area (TPSA) is 71.3 Å². The van der Waals surface area contributed by atoms with E-state index in [2.05, 4.69) is 14.8 Å². The molecule has 27 heavy (non-hydrogen) atoms. The molecule has 0 radical (unpaired) electrons. The van der Waals surface area contributed by atoms with Crippen molar-refractivity contribution in [3.8, 4) is 0 Å². The fourth-order valence-corrected chi connectivity index (χ4v) is 5.07. The maximum absolute atomic E-state index is 12.6. The van der Waals surface area contributed by atoms with E-state index in [-0.39, 0.29) is 11.8 Å². The fraction of sp³-hybridized carbons (Fsp3) is 0.556. The number of hydrogen-bond acceptors (Lipinski definition) is 6. The van der Waals surface area contributed by atoms with Crippen LogP contribution >= 0.6 is 23.1 Å². The zero-order valence-electron chi connectivity index (χ0n) is 15.2. The van der Waals surface area contributed by atoms with E-state index in [1.807, 2.05) is 27.3 Å². The van der Waals surface area contributed by atoms with Gasteiger partial charge in [-0.25, -0.2) is 0 Å². The molecule has 144 valence electrons. The predicted molar refractivity (Wildman–Crippen MR) is 105 cm³/mol. The summed E-state index contributed by atoms with van der Waals surface area (Å²) in [6, 6.07) is 3.74. The third-order valence-corrected chi connectivity index (χ3v) is 6.86. The predicted octanol–water partition coefficient (Wildman–Crippen LogP) is 2.14. The van der Waals surface area contributed by atoms with E-state index >= 15 is 0 Å². The summed E-state index contributed by atoms with van der Waals surface area (Å²) in [7, 11) is 0. The lowest BCUT2D eigenvalue weighted by Gasteiger charge is -2.34. The Morgan fingerprint density at radius 1 is 1.04 bits per heavy atom. The smallest absolute Gasteiger partial charge is 0.264 e. The third kappa shape index (κ3) is 4.19. The molecule has 0 aliphatic carbocycles. The molecule has 2 amide bonds. The quantitative estimate of drug-likeness (QED) is 0.729. The average molecular weight is 406 g/mol. The Labute approximate surface area is 166 Å². The van der Waals surface area contributed by atoms with E-state index in [9.17, 15) is 9.59 Å². The third-order valence-electron chi connectivity index (χ3n) is 5.05. The second kappa shape index (κ2) is 8.43. The lowest BCUT2D eigenvalue weighted by molar-refractivity contribution is -0.129. The highest BCUT2D eigenvalue weighted by Crippen LogP contribution is 2.22. The van der Waals surface area contributed by atoms with Crippen LogP contribution in [0.15, 0.2) is 22.7 Å². The molecule has 4 heterocycles. The highest BCUT2D eigenvalue weighted by atomic mass is 32.2. The van der Waals surface area contributed by atoms with Gasteiger partial charge in [-0.05, 0) is 24.3 Å². The molecule has 1 fully saturated rings. The van der Waals surface area contributed by atoms with E-state index in [4.69, 9.17) is 0 Å². The minimum absolute atomic E-state index is 0.0672. The molecule has 0 bridgehead atoms. The summed E-state index contributed by atoms with van der Waals surface area (Å²) in [5, 5.41) is 11.3. The van der Waals surface area contributed by atoms with Gasteiger partial charge in [0.2, 0.25) is 5.91 Å². The lowest BCUT2D eigenvalue weighted by Crippen LogP contribution is -2.51. The Hall–Kier alpha value is -1.87. The van der Waals surface area contributed by atoms with Crippen molar-refractivity contribution in [3.63, 3.8) is 0 Å². The highest BCUT2D eigenvalue weighted by molar-refractivity contribution is 7.99. The standard InChI is InChI=1S/C18H23N5O2S2/c24-16(13-27-18-20-19-15-6-2-1-3-7-23(15)18)21-8-10-22(11-9-21)17(25)14-5-4-12-26-14/h4-5,12H,1-3,6-11,13H2. The summed E-state index contributed by atoms with van der Waals surface area (Å²) in [6.45, 7) is 3.31. The molecule has 0 unspecified atom stereocenters. The average Bonchev–Trinajstić information content (AvgIpc) is 3.31. The van der Waals surface area contributed by atoms with Crippen molar-refractivity contribution in [2.75, 3.05) is 31.9 Å². The first-order chi connectivity index (χ1) is 13.2. The second-order valence-electron chi connectivity index (χ2n) is 6.80. The summed E-state index contributed by atoms with van der Waals surface area (Å²) < 4.78 is 2.17. The van der Waals surface area contributed by atoms with Crippen molar-refractivity contribution in [2.45, 2.75) is 37.4 Å². The van der Waals surface area contributed by atoms with Gasteiger partial charge in [-0.15, -0.1) is 21.5 Å². The minimum Gasteiger partial charge on any atom is -0.338 e. The molecule has 9 heteroatoms. The summed E-state index contributed by atoms with van der Waals surface area (Å²) in [6.07, 6.45) is 4.51. The Kier molecular flexibility index (Phi) is 5.77. The molecule has 0 N–H and O–H groups in total. The number of carbonyl (C=O) groups is 2. The molecule has 0 aromatic carbocycles. The summed E-state index contributed by atoms with van der Waals surface area (Å²) in [5.74, 6) is 1.59. The monoisotopic (exact) mass is 405 g/mol. The van der Waals surface area contributed by atoms with E-state index in [0.717, 1.165) is 41.7 Å². The van der Waals surface area contributed by atoms with Gasteiger partial charge >= 0.3 is 0 Å². The molecule has 2 aromatic rings. The van der Waals surface area contributed by atoms with Crippen LogP contribution in [0.2, 0.25) is 0 Å². The molecule has 2 aliphatic rings. The molecule has 0 spiro atoms. The van der Waals surface area contributed by atoms with E-state index in [1.54, 1.807) is 0 Å². The van der Waals surface area contributed by atoms with Crippen molar-refractivity contribution >= 4 is 34.9 Å². The van der Waals surface area contributed by atoms with Crippen molar-refractivity contribution in [3.05, 3.63) is 28.2 Å². The molecular weight excluding hydrogens is 382 g/mol. The molecule has 0 saturated carbocycles. The number of thioether (sulfide) groups is 1. The summed E-state index contributed by atoms with van der Waals surface area (Å²) >= 11 is 2.94. The van der Waals surface area contributed by atoms with Crippen molar-refractivity contribution in [1.82, 2.24) is 24.6 Å². The number of aryl methyl sites for hydroxylation is 1. The first kappa shape index (κ1) is 18.5. The second-order valence-corrected chi connectivity index (χ2v) is 8.69. The first-order valence-electron chi connectivity index (χ1n) is 9.38. The van der Waals surface area contributed by atoms with E-state index in [0.29, 0.717) is 31.9 Å². The van der Waals surface area contributed by atoms with Crippen LogP contribution in [0.1, 0.15) is 34.8 Å². The van der Waals surface area contributed by atoms with Crippen LogP contribution in [0, 0.1) is 0 Å². The largest absolute Gasteiger partial charge is 0.338 e. The zero-order valence-corrected chi connectivity index (χ0v) is 16.8. The van der Waals surface area contributed by atoms with Crippen LogP contribution in [-0.2, 0) is 17.8 Å². The number of piperazine rings is 1. The van der Waals surface area contributed by atoms with Crippen molar-refractivity contribution in [1.29, 1.82) is 0 Å². The van der Waals surface area contributed by atoms with Gasteiger partial charge in [0.1, 0.15) is 5.82 Å². The molecule has 2 aliphatic heterocycles. The number of rotatable bonds is 4. The van der Waals surface area contributed by atoms with Crippen LogP contribution in [-0.4, -0.2) is 68.3 Å². The number of amides is 2. The van der Waals surface area contributed by atoms with Gasteiger partial charge in [-0.2, -0.15) is 0 Å². The highest BCUT2D eigenvalue weighted by Gasteiger charge is 2.26. The summed E-state index contributed by atoms with van der Waals surface area (Å²) in [4.78, 5) is 29.4. The van der Waals surface area contributed by atoms with Crippen LogP contribution in [0.25, 0.3) is 0 Å². The summed E-state index contributed by atoms with van der Waals surface area (Å²) in [5.41, 5.74) is 0. The Morgan fingerprint density at radius 3 is 2.63 bits per heavy atom. The van der Waals surface area contributed by atoms with Crippen LogP contribution < -0.4 is 0 Å². The molecule has 7 nitrogen and oxygen atoms in total. The van der Waals surface area contributed by atoms with Gasteiger partial charge in [-0.3, -0.25) is 9.59 Å². The lowest BCUT2D eigenvalue weighted by atomic mass is 10.2. The number of thiophene rings is 1. The van der Waals surface area contributed by atoms with E-state index in [1.165, 1.54) is 29.5 Å². The maximum atomic E-state index is 12.6. The van der Waals surface area contributed by atoms with Crippen LogP contribution in [0.5, 0.6) is 0 Å². The van der Waals surface area contributed by atoms with Crippen LogP contribution in [0.4, 0.5) is 0 Å². The molecule has 1 saturated heterocycles. The molecule has 0 atom stereocenters. The zero-order chi connectivity index (χ0) is 18.6. The number of hydrogen-bond donors (Lipinski definition) is 0. The first-order valence-corrected chi connectivity index (χ1v) is 11.2. The SMILES string of the molecule is O=C(CSc1nnc2n1CCCCC2)N1CCN(C(=O)c2cccs2)CC1.